The van der Waals surface area contributed by atoms with E-state index >= 15 is 0 Å². The summed E-state index contributed by atoms with van der Waals surface area (Å²) in [4.78, 5) is 0. The lowest BCUT2D eigenvalue weighted by Gasteiger charge is -2.05. The van der Waals surface area contributed by atoms with Crippen LogP contribution in [0.2, 0.25) is 5.02 Å². The minimum Gasteiger partial charge on any atom is -0.491 e. The van der Waals surface area contributed by atoms with Gasteiger partial charge in [-0.3, -0.25) is 0 Å². The zero-order valence-corrected chi connectivity index (χ0v) is 8.38. The fourth-order valence-electron chi connectivity index (χ4n) is 0.894. The molecule has 0 N–H and O–H groups in total. The van der Waals surface area contributed by atoms with Gasteiger partial charge in [-0.2, -0.15) is 0 Å². The van der Waals surface area contributed by atoms with Gasteiger partial charge in [0.2, 0.25) is 0 Å². The number of rotatable bonds is 5. The van der Waals surface area contributed by atoms with Gasteiger partial charge in [0.15, 0.2) is 0 Å². The largest absolute Gasteiger partial charge is 0.491 e. The average molecular weight is 201 g/mol. The van der Waals surface area contributed by atoms with Gasteiger partial charge in [0.25, 0.3) is 0 Å². The van der Waals surface area contributed by atoms with Crippen LogP contribution in [0.1, 0.15) is 6.92 Å². The molecule has 13 heavy (non-hydrogen) atoms. The van der Waals surface area contributed by atoms with Gasteiger partial charge in [-0.15, -0.1) is 0 Å². The maximum Gasteiger partial charge on any atom is 0.119 e. The van der Waals surface area contributed by atoms with E-state index in [2.05, 4.69) is 0 Å². The van der Waals surface area contributed by atoms with Crippen molar-refractivity contribution in [1.29, 1.82) is 0 Å². The molecule has 0 fully saturated rings. The van der Waals surface area contributed by atoms with Crippen LogP contribution in [0.25, 0.3) is 0 Å². The highest BCUT2D eigenvalue weighted by molar-refractivity contribution is 6.30. The second-order valence-corrected chi connectivity index (χ2v) is 2.94. The molecule has 0 aliphatic rings. The Bertz CT molecular complexity index is 233. The quantitative estimate of drug-likeness (QED) is 0.681. The first-order chi connectivity index (χ1) is 6.33. The first-order valence-electron chi connectivity index (χ1n) is 4.29. The lowest BCUT2D eigenvalue weighted by molar-refractivity contribution is 0.110. The molecule has 1 aromatic rings. The van der Waals surface area contributed by atoms with E-state index in [1.807, 2.05) is 19.1 Å². The van der Waals surface area contributed by atoms with Crippen molar-refractivity contribution in [1.82, 2.24) is 0 Å². The third-order valence-corrected chi connectivity index (χ3v) is 1.77. The molecule has 0 radical (unpaired) electrons. The summed E-state index contributed by atoms with van der Waals surface area (Å²) in [7, 11) is 0. The van der Waals surface area contributed by atoms with E-state index in [1.54, 1.807) is 12.1 Å². The molecule has 2 nitrogen and oxygen atoms in total. The van der Waals surface area contributed by atoms with Crippen molar-refractivity contribution in [3.63, 3.8) is 0 Å². The highest BCUT2D eigenvalue weighted by Crippen LogP contribution is 2.15. The van der Waals surface area contributed by atoms with Crippen LogP contribution < -0.4 is 4.74 Å². The van der Waals surface area contributed by atoms with Crippen molar-refractivity contribution in [2.24, 2.45) is 0 Å². The summed E-state index contributed by atoms with van der Waals surface area (Å²) in [6.07, 6.45) is 0. The molecule has 0 unspecified atom stereocenters. The molecule has 72 valence electrons. The van der Waals surface area contributed by atoms with E-state index in [9.17, 15) is 0 Å². The van der Waals surface area contributed by atoms with Gasteiger partial charge in [-0.25, -0.2) is 0 Å². The predicted molar refractivity (Wildman–Crippen MR) is 53.4 cm³/mol. The Hall–Kier alpha value is -0.730. The molecule has 0 heterocycles. The molecule has 0 spiro atoms. The predicted octanol–water partition coefficient (Wildman–Crippen LogP) is 2.76. The Labute approximate surface area is 83.4 Å². The van der Waals surface area contributed by atoms with Gasteiger partial charge in [-0.05, 0) is 31.2 Å². The summed E-state index contributed by atoms with van der Waals surface area (Å²) >= 11 is 5.72. The van der Waals surface area contributed by atoms with E-state index in [4.69, 9.17) is 21.1 Å². The minimum absolute atomic E-state index is 0.579. The molecule has 0 atom stereocenters. The second kappa shape index (κ2) is 5.84. The molecule has 0 aliphatic carbocycles. The summed E-state index contributed by atoms with van der Waals surface area (Å²) in [5, 5.41) is 0.720. The first-order valence-corrected chi connectivity index (χ1v) is 4.67. The van der Waals surface area contributed by atoms with Gasteiger partial charge < -0.3 is 9.47 Å². The van der Waals surface area contributed by atoms with Gasteiger partial charge in [0.05, 0.1) is 6.61 Å². The Balaban J connectivity index is 2.25. The smallest absolute Gasteiger partial charge is 0.119 e. The second-order valence-electron chi connectivity index (χ2n) is 2.50. The van der Waals surface area contributed by atoms with Crippen LogP contribution in [-0.2, 0) is 4.74 Å². The third kappa shape index (κ3) is 4.15. The molecule has 1 aromatic carbocycles. The fraction of sp³-hybridized carbons (Fsp3) is 0.400. The number of hydrogen-bond donors (Lipinski definition) is 0. The van der Waals surface area contributed by atoms with E-state index in [-0.39, 0.29) is 0 Å². The van der Waals surface area contributed by atoms with Crippen LogP contribution in [0.15, 0.2) is 24.3 Å². The molecule has 0 saturated carbocycles. The maximum atomic E-state index is 5.72. The van der Waals surface area contributed by atoms with Crippen molar-refractivity contribution >= 4 is 11.6 Å². The van der Waals surface area contributed by atoms with Crippen LogP contribution in [0.3, 0.4) is 0 Å². The van der Waals surface area contributed by atoms with E-state index < -0.39 is 0 Å². The summed E-state index contributed by atoms with van der Waals surface area (Å²) in [6.45, 7) is 3.89. The normalized spacial score (nSPS) is 10.0. The summed E-state index contributed by atoms with van der Waals surface area (Å²) in [5.41, 5.74) is 0. The maximum absolute atomic E-state index is 5.72. The zero-order valence-electron chi connectivity index (χ0n) is 7.63. The Morgan fingerprint density at radius 1 is 1.15 bits per heavy atom. The Kier molecular flexibility index (Phi) is 4.65. The average Bonchev–Trinajstić information content (AvgIpc) is 2.15. The Morgan fingerprint density at radius 3 is 2.46 bits per heavy atom. The fourth-order valence-corrected chi connectivity index (χ4v) is 1.02. The van der Waals surface area contributed by atoms with E-state index in [0.717, 1.165) is 17.4 Å². The van der Waals surface area contributed by atoms with Gasteiger partial charge >= 0.3 is 0 Å². The molecule has 1 rings (SSSR count). The van der Waals surface area contributed by atoms with Crippen molar-refractivity contribution in [3.05, 3.63) is 29.3 Å². The van der Waals surface area contributed by atoms with Crippen LogP contribution in [0.4, 0.5) is 0 Å². The number of benzene rings is 1. The van der Waals surface area contributed by atoms with Crippen molar-refractivity contribution in [2.45, 2.75) is 6.92 Å². The topological polar surface area (TPSA) is 18.5 Å². The Morgan fingerprint density at radius 2 is 1.85 bits per heavy atom. The molecular formula is C10H13ClO2. The molecular weight excluding hydrogens is 188 g/mol. The van der Waals surface area contributed by atoms with Crippen LogP contribution >= 0.6 is 11.6 Å². The number of hydrogen-bond acceptors (Lipinski definition) is 2. The third-order valence-electron chi connectivity index (χ3n) is 1.51. The van der Waals surface area contributed by atoms with Crippen LogP contribution in [0, 0.1) is 0 Å². The summed E-state index contributed by atoms with van der Waals surface area (Å²) < 4.78 is 10.5. The number of halogens is 1. The van der Waals surface area contributed by atoms with Gasteiger partial charge in [-0.1, -0.05) is 11.6 Å². The highest BCUT2D eigenvalue weighted by Gasteiger charge is 1.92. The van der Waals surface area contributed by atoms with Gasteiger partial charge in [0, 0.05) is 11.6 Å². The standard InChI is InChI=1S/C10H13ClO2/c1-2-12-7-8-13-10-5-3-9(11)4-6-10/h3-6H,2,7-8H2,1H3. The molecule has 0 bridgehead atoms. The van der Waals surface area contributed by atoms with Crippen LogP contribution in [0.5, 0.6) is 5.75 Å². The monoisotopic (exact) mass is 200 g/mol. The lowest BCUT2D eigenvalue weighted by atomic mass is 10.3. The van der Waals surface area contributed by atoms with Crippen molar-refractivity contribution in [3.8, 4) is 5.75 Å². The van der Waals surface area contributed by atoms with E-state index in [0.29, 0.717) is 13.2 Å². The SMILES string of the molecule is CCOCCOc1ccc(Cl)cc1. The molecule has 3 heteroatoms. The molecule has 0 aromatic heterocycles. The zero-order chi connectivity index (χ0) is 9.52. The minimum atomic E-state index is 0.579. The first kappa shape index (κ1) is 10.4. The summed E-state index contributed by atoms with van der Waals surface area (Å²) in [6, 6.07) is 7.29. The van der Waals surface area contributed by atoms with E-state index in [1.165, 1.54) is 0 Å². The molecule has 0 saturated heterocycles. The van der Waals surface area contributed by atoms with Gasteiger partial charge in [0.1, 0.15) is 12.4 Å². The molecule has 0 amide bonds. The number of ether oxygens (including phenoxy) is 2. The van der Waals surface area contributed by atoms with Crippen LogP contribution in [-0.4, -0.2) is 19.8 Å². The van der Waals surface area contributed by atoms with Crippen molar-refractivity contribution < 1.29 is 9.47 Å². The molecule has 0 aliphatic heterocycles. The lowest BCUT2D eigenvalue weighted by Crippen LogP contribution is -2.05. The van der Waals surface area contributed by atoms with Crippen molar-refractivity contribution in [2.75, 3.05) is 19.8 Å². The summed E-state index contributed by atoms with van der Waals surface area (Å²) in [5.74, 6) is 0.823. The highest BCUT2D eigenvalue weighted by atomic mass is 35.5.